The van der Waals surface area contributed by atoms with Gasteiger partial charge in [-0.2, -0.15) is 0 Å². The molecule has 0 aliphatic carbocycles. The quantitative estimate of drug-likeness (QED) is 0.244. The first-order chi connectivity index (χ1) is 17.3. The molecule has 0 radical (unpaired) electrons. The third-order valence-electron chi connectivity index (χ3n) is 4.75. The van der Waals surface area contributed by atoms with Gasteiger partial charge in [0.05, 0.1) is 34.1 Å². The Hall–Kier alpha value is -4.31. The summed E-state index contributed by atoms with van der Waals surface area (Å²) >= 11 is 5.30. The number of rotatable bonds is 10. The molecular weight excluding hydrogens is 482 g/mol. The van der Waals surface area contributed by atoms with Gasteiger partial charge in [0.1, 0.15) is 5.75 Å². The molecule has 0 bridgehead atoms. The molecule has 2 aromatic carbocycles. The van der Waals surface area contributed by atoms with Crippen LogP contribution in [0.2, 0.25) is 0 Å². The highest BCUT2D eigenvalue weighted by Crippen LogP contribution is 2.38. The SMILES string of the molecule is C=C(/C=C\C=C/C)C(=O)Nc1cc(NC(=S)NC(=O)c2cc(OC)c(OC)c(OC)c2)ccc1OC. The molecule has 0 fully saturated rings. The molecule has 2 aromatic rings. The first-order valence-electron chi connectivity index (χ1n) is 10.7. The van der Waals surface area contributed by atoms with Crippen LogP contribution in [0, 0.1) is 0 Å². The Bertz CT molecular complexity index is 1180. The van der Waals surface area contributed by atoms with E-state index in [2.05, 4.69) is 22.5 Å². The number of carbonyl (C=O) groups is 2. The van der Waals surface area contributed by atoms with Gasteiger partial charge in [0.15, 0.2) is 16.6 Å². The average molecular weight is 512 g/mol. The number of ether oxygens (including phenoxy) is 4. The summed E-state index contributed by atoms with van der Waals surface area (Å²) in [6.45, 7) is 5.63. The van der Waals surface area contributed by atoms with Crippen molar-refractivity contribution in [2.45, 2.75) is 6.92 Å². The largest absolute Gasteiger partial charge is 0.495 e. The Kier molecular flexibility index (Phi) is 10.5. The predicted octanol–water partition coefficient (Wildman–Crippen LogP) is 4.47. The molecule has 190 valence electrons. The van der Waals surface area contributed by atoms with Crippen LogP contribution in [0.5, 0.6) is 23.0 Å². The van der Waals surface area contributed by atoms with E-state index in [0.717, 1.165) is 0 Å². The van der Waals surface area contributed by atoms with E-state index in [9.17, 15) is 9.59 Å². The first-order valence-corrected chi connectivity index (χ1v) is 11.1. The fourth-order valence-corrected chi connectivity index (χ4v) is 3.20. The van der Waals surface area contributed by atoms with Crippen molar-refractivity contribution in [1.29, 1.82) is 0 Å². The van der Waals surface area contributed by atoms with E-state index in [4.69, 9.17) is 31.2 Å². The van der Waals surface area contributed by atoms with Gasteiger partial charge in [-0.3, -0.25) is 14.9 Å². The van der Waals surface area contributed by atoms with Gasteiger partial charge in [-0.1, -0.05) is 30.9 Å². The summed E-state index contributed by atoms with van der Waals surface area (Å²) in [5, 5.41) is 8.31. The van der Waals surface area contributed by atoms with Crippen LogP contribution in [0.4, 0.5) is 11.4 Å². The van der Waals surface area contributed by atoms with Gasteiger partial charge in [-0.15, -0.1) is 0 Å². The molecule has 3 N–H and O–H groups in total. The highest BCUT2D eigenvalue weighted by Gasteiger charge is 2.18. The zero-order valence-corrected chi connectivity index (χ0v) is 21.6. The van der Waals surface area contributed by atoms with Crippen LogP contribution in [0.25, 0.3) is 0 Å². The fraction of sp³-hybridized carbons (Fsp3) is 0.192. The van der Waals surface area contributed by atoms with E-state index in [1.54, 1.807) is 36.4 Å². The lowest BCUT2D eigenvalue weighted by Crippen LogP contribution is -2.34. The normalized spacial score (nSPS) is 10.6. The summed E-state index contributed by atoms with van der Waals surface area (Å²) in [5.74, 6) is 0.580. The van der Waals surface area contributed by atoms with Crippen LogP contribution in [0.3, 0.4) is 0 Å². The number of hydrogen-bond acceptors (Lipinski definition) is 7. The summed E-state index contributed by atoms with van der Waals surface area (Å²) in [7, 11) is 5.88. The van der Waals surface area contributed by atoms with Gasteiger partial charge in [-0.25, -0.2) is 0 Å². The third kappa shape index (κ3) is 7.34. The van der Waals surface area contributed by atoms with Gasteiger partial charge in [0.2, 0.25) is 5.75 Å². The number of amides is 2. The molecule has 2 rings (SSSR count). The third-order valence-corrected chi connectivity index (χ3v) is 4.96. The topological polar surface area (TPSA) is 107 Å². The molecule has 0 aliphatic rings. The first kappa shape index (κ1) is 27.9. The molecule has 0 spiro atoms. The number of carbonyl (C=O) groups excluding carboxylic acids is 2. The predicted molar refractivity (Wildman–Crippen MR) is 145 cm³/mol. The zero-order valence-electron chi connectivity index (χ0n) is 20.8. The van der Waals surface area contributed by atoms with Crippen molar-refractivity contribution in [1.82, 2.24) is 5.32 Å². The number of anilines is 2. The van der Waals surface area contributed by atoms with Gasteiger partial charge >= 0.3 is 0 Å². The molecule has 2 amide bonds. The number of hydrogen-bond donors (Lipinski definition) is 3. The maximum absolute atomic E-state index is 12.8. The van der Waals surface area contributed by atoms with Gasteiger partial charge in [0.25, 0.3) is 11.8 Å². The van der Waals surface area contributed by atoms with Crippen molar-refractivity contribution in [3.63, 3.8) is 0 Å². The number of benzene rings is 2. The minimum atomic E-state index is -0.488. The molecule has 0 unspecified atom stereocenters. The van der Waals surface area contributed by atoms with Gasteiger partial charge in [0, 0.05) is 16.8 Å². The van der Waals surface area contributed by atoms with Crippen LogP contribution in [-0.2, 0) is 4.79 Å². The van der Waals surface area contributed by atoms with Crippen molar-refractivity contribution in [2.24, 2.45) is 0 Å². The molecular formula is C26H29N3O6S. The molecule has 0 aliphatic heterocycles. The van der Waals surface area contributed by atoms with Crippen LogP contribution in [-0.4, -0.2) is 45.4 Å². The Morgan fingerprint density at radius 3 is 2.08 bits per heavy atom. The van der Waals surface area contributed by atoms with Crippen LogP contribution < -0.4 is 34.9 Å². The summed E-state index contributed by atoms with van der Waals surface area (Å²) in [6, 6.07) is 7.99. The van der Waals surface area contributed by atoms with E-state index < -0.39 is 11.8 Å². The molecule has 0 aromatic heterocycles. The second-order valence-corrected chi connectivity index (χ2v) is 7.51. The number of nitrogens with one attached hydrogen (secondary N) is 3. The molecule has 10 heteroatoms. The number of thiocarbonyl (C=S) groups is 1. The monoisotopic (exact) mass is 511 g/mol. The Balaban J connectivity index is 2.16. The van der Waals surface area contributed by atoms with E-state index in [1.807, 2.05) is 13.0 Å². The van der Waals surface area contributed by atoms with Crippen LogP contribution in [0.15, 0.2) is 66.8 Å². The van der Waals surface area contributed by atoms with Crippen molar-refractivity contribution in [2.75, 3.05) is 39.1 Å². The lowest BCUT2D eigenvalue weighted by Gasteiger charge is -2.15. The Morgan fingerprint density at radius 2 is 1.53 bits per heavy atom. The molecule has 0 saturated carbocycles. The lowest BCUT2D eigenvalue weighted by molar-refractivity contribution is -0.112. The summed E-state index contributed by atoms with van der Waals surface area (Å²) in [5.41, 5.74) is 1.42. The second-order valence-electron chi connectivity index (χ2n) is 7.10. The van der Waals surface area contributed by atoms with E-state index in [-0.39, 0.29) is 16.2 Å². The average Bonchev–Trinajstić information content (AvgIpc) is 2.87. The maximum Gasteiger partial charge on any atom is 0.257 e. The molecule has 0 saturated heterocycles. The van der Waals surface area contributed by atoms with Crippen LogP contribution in [0.1, 0.15) is 17.3 Å². The van der Waals surface area contributed by atoms with Crippen molar-refractivity contribution in [3.8, 4) is 23.0 Å². The standard InChI is InChI=1S/C26H29N3O6S/c1-7-8-9-10-16(2)24(30)28-19-15-18(11-12-20(19)32-3)27-26(36)29-25(31)17-13-21(33-4)23(35-6)22(14-17)34-5/h7-15H,2H2,1,3-6H3,(H,28,30)(H2,27,29,31,36)/b8-7-,10-9-. The zero-order chi connectivity index (χ0) is 26.7. The van der Waals surface area contributed by atoms with Crippen molar-refractivity contribution >= 4 is 40.5 Å². The molecule has 9 nitrogen and oxygen atoms in total. The minimum absolute atomic E-state index is 0.0369. The highest BCUT2D eigenvalue weighted by molar-refractivity contribution is 7.80. The highest BCUT2D eigenvalue weighted by atomic mass is 32.1. The summed E-state index contributed by atoms with van der Waals surface area (Å²) in [6.07, 6.45) is 6.93. The van der Waals surface area contributed by atoms with E-state index in [0.29, 0.717) is 34.4 Å². The Labute approximate surface area is 215 Å². The smallest absolute Gasteiger partial charge is 0.257 e. The minimum Gasteiger partial charge on any atom is -0.495 e. The summed E-state index contributed by atoms with van der Waals surface area (Å²) in [4.78, 5) is 25.3. The van der Waals surface area contributed by atoms with E-state index >= 15 is 0 Å². The molecule has 0 atom stereocenters. The van der Waals surface area contributed by atoms with Crippen molar-refractivity contribution in [3.05, 3.63) is 72.4 Å². The summed E-state index contributed by atoms with van der Waals surface area (Å²) < 4.78 is 21.2. The maximum atomic E-state index is 12.8. The van der Waals surface area contributed by atoms with Gasteiger partial charge in [-0.05, 0) is 49.5 Å². The van der Waals surface area contributed by atoms with Crippen LogP contribution >= 0.6 is 12.2 Å². The second kappa shape index (κ2) is 13.5. The molecule has 0 heterocycles. The molecule has 36 heavy (non-hydrogen) atoms. The van der Waals surface area contributed by atoms with E-state index in [1.165, 1.54) is 40.6 Å². The number of methoxy groups -OCH3 is 4. The number of allylic oxidation sites excluding steroid dienone is 3. The fourth-order valence-electron chi connectivity index (χ4n) is 2.99. The lowest BCUT2D eigenvalue weighted by atomic mass is 10.1. The van der Waals surface area contributed by atoms with Gasteiger partial charge < -0.3 is 29.6 Å². The van der Waals surface area contributed by atoms with Crippen molar-refractivity contribution < 1.29 is 28.5 Å². The Morgan fingerprint density at radius 1 is 0.889 bits per heavy atom.